The zero-order valence-corrected chi connectivity index (χ0v) is 20.9. The summed E-state index contributed by atoms with van der Waals surface area (Å²) in [4.78, 5) is 40.5. The number of H-pyrrole nitrogens is 1. The summed E-state index contributed by atoms with van der Waals surface area (Å²) in [6.45, 7) is 2.01. The first-order valence-electron chi connectivity index (χ1n) is 11.7. The van der Waals surface area contributed by atoms with Crippen LogP contribution in [0.4, 0.5) is 0 Å². The zero-order chi connectivity index (χ0) is 26.9. The van der Waals surface area contributed by atoms with E-state index in [9.17, 15) is 24.6 Å². The Kier molecular flexibility index (Phi) is 9.15. The lowest BCUT2D eigenvalue weighted by atomic mass is 9.87. The van der Waals surface area contributed by atoms with Crippen LogP contribution in [0.15, 0.2) is 53.5 Å². The van der Waals surface area contributed by atoms with Gasteiger partial charge in [0, 0.05) is 25.1 Å². The quantitative estimate of drug-likeness (QED) is 0.288. The van der Waals surface area contributed by atoms with Crippen LogP contribution in [-0.2, 0) is 16.0 Å². The summed E-state index contributed by atoms with van der Waals surface area (Å²) < 4.78 is 15.2. The van der Waals surface area contributed by atoms with Gasteiger partial charge in [0.25, 0.3) is 5.56 Å². The van der Waals surface area contributed by atoms with E-state index in [4.69, 9.17) is 14.2 Å². The van der Waals surface area contributed by atoms with Gasteiger partial charge in [-0.3, -0.25) is 9.59 Å². The van der Waals surface area contributed by atoms with Crippen molar-refractivity contribution in [3.8, 4) is 23.0 Å². The van der Waals surface area contributed by atoms with Crippen LogP contribution in [0, 0.1) is 0 Å². The van der Waals surface area contributed by atoms with Crippen molar-refractivity contribution in [2.75, 3.05) is 27.4 Å². The third-order valence-corrected chi connectivity index (χ3v) is 5.84. The second-order valence-electron chi connectivity index (χ2n) is 8.15. The van der Waals surface area contributed by atoms with E-state index in [0.29, 0.717) is 18.5 Å². The molecule has 2 aromatic carbocycles. The number of amides is 1. The highest BCUT2D eigenvalue weighted by Crippen LogP contribution is 2.37. The van der Waals surface area contributed by atoms with Crippen LogP contribution in [0.5, 0.6) is 23.0 Å². The average molecular weight is 511 g/mol. The van der Waals surface area contributed by atoms with E-state index in [1.54, 1.807) is 20.1 Å². The Labute approximate surface area is 213 Å². The molecule has 10 nitrogen and oxygen atoms in total. The first kappa shape index (κ1) is 27.1. The topological polar surface area (TPSA) is 147 Å². The molecule has 0 aliphatic carbocycles. The Morgan fingerprint density at radius 3 is 2.41 bits per heavy atom. The number of aromatic hydroxyl groups is 2. The standard InChI is InChI=1S/C27H30N2O8/c1-4-37-27(34)20-15-29-26(33)24(25(20)32)19(17-7-10-22(36-3)21(30)13-17)14-23(31)28-12-11-16-5-8-18(35-2)9-6-16/h5-10,13,15,19,30H,4,11-12,14H2,1-3H3,(H,28,31)(H2,29,32,33)/t19-/m0/s1. The van der Waals surface area contributed by atoms with Gasteiger partial charge in [0.05, 0.1) is 26.4 Å². The van der Waals surface area contributed by atoms with E-state index in [-0.39, 0.29) is 35.7 Å². The lowest BCUT2D eigenvalue weighted by Crippen LogP contribution is -2.29. The molecule has 10 heteroatoms. The fraction of sp³-hybridized carbons (Fsp3) is 0.296. The maximum absolute atomic E-state index is 12.9. The fourth-order valence-corrected chi connectivity index (χ4v) is 3.93. The van der Waals surface area contributed by atoms with Gasteiger partial charge in [-0.2, -0.15) is 0 Å². The molecule has 0 fully saturated rings. The monoisotopic (exact) mass is 510 g/mol. The number of pyridine rings is 1. The smallest absolute Gasteiger partial charge is 0.343 e. The first-order valence-corrected chi connectivity index (χ1v) is 11.7. The third-order valence-electron chi connectivity index (χ3n) is 5.84. The van der Waals surface area contributed by atoms with Crippen molar-refractivity contribution in [3.63, 3.8) is 0 Å². The summed E-state index contributed by atoms with van der Waals surface area (Å²) in [5.74, 6) is -2.07. The highest BCUT2D eigenvalue weighted by atomic mass is 16.5. The van der Waals surface area contributed by atoms with E-state index >= 15 is 0 Å². The molecular formula is C27H30N2O8. The van der Waals surface area contributed by atoms with Crippen LogP contribution in [0.25, 0.3) is 0 Å². The Morgan fingerprint density at radius 2 is 1.78 bits per heavy atom. The molecule has 196 valence electrons. The number of aromatic amines is 1. The predicted molar refractivity (Wildman–Crippen MR) is 136 cm³/mol. The Hall–Kier alpha value is -4.47. The largest absolute Gasteiger partial charge is 0.506 e. The molecule has 0 aliphatic heterocycles. The maximum Gasteiger partial charge on any atom is 0.343 e. The SMILES string of the molecule is CCOC(=O)c1c[nH]c(=O)c([C@@H](CC(=O)NCCc2ccc(OC)cc2)c2ccc(OC)c(O)c2)c1O. The van der Waals surface area contributed by atoms with Crippen molar-refractivity contribution in [1.82, 2.24) is 10.3 Å². The van der Waals surface area contributed by atoms with E-state index in [2.05, 4.69) is 10.3 Å². The van der Waals surface area contributed by atoms with Crippen molar-refractivity contribution in [1.29, 1.82) is 0 Å². The molecule has 0 bridgehead atoms. The molecule has 0 spiro atoms. The molecule has 1 atom stereocenters. The molecule has 3 aromatic rings. The molecule has 0 radical (unpaired) electrons. The number of aromatic nitrogens is 1. The van der Waals surface area contributed by atoms with Crippen molar-refractivity contribution < 1.29 is 34.0 Å². The lowest BCUT2D eigenvalue weighted by Gasteiger charge is -2.20. The fourth-order valence-electron chi connectivity index (χ4n) is 3.93. The van der Waals surface area contributed by atoms with Crippen LogP contribution in [0.2, 0.25) is 0 Å². The molecular weight excluding hydrogens is 480 g/mol. The minimum atomic E-state index is -0.990. The molecule has 1 aromatic heterocycles. The highest BCUT2D eigenvalue weighted by molar-refractivity contribution is 5.92. The molecule has 4 N–H and O–H groups in total. The number of carbonyl (C=O) groups is 2. The van der Waals surface area contributed by atoms with Gasteiger partial charge in [-0.15, -0.1) is 0 Å². The van der Waals surface area contributed by atoms with Crippen LogP contribution in [-0.4, -0.2) is 54.4 Å². The number of carbonyl (C=O) groups excluding carboxylic acids is 2. The summed E-state index contributed by atoms with van der Waals surface area (Å²) in [6, 6.07) is 11.9. The van der Waals surface area contributed by atoms with Gasteiger partial charge in [-0.05, 0) is 48.7 Å². The van der Waals surface area contributed by atoms with Crippen LogP contribution in [0.3, 0.4) is 0 Å². The summed E-state index contributed by atoms with van der Waals surface area (Å²) >= 11 is 0. The van der Waals surface area contributed by atoms with Crippen LogP contribution in [0.1, 0.15) is 46.3 Å². The first-order chi connectivity index (χ1) is 17.8. The van der Waals surface area contributed by atoms with Gasteiger partial charge in [-0.1, -0.05) is 18.2 Å². The maximum atomic E-state index is 12.9. The number of methoxy groups -OCH3 is 2. The van der Waals surface area contributed by atoms with E-state index in [1.165, 1.54) is 19.2 Å². The Bertz CT molecular complexity index is 1300. The molecule has 3 rings (SSSR count). The molecule has 37 heavy (non-hydrogen) atoms. The number of rotatable bonds is 11. The molecule has 0 saturated heterocycles. The van der Waals surface area contributed by atoms with Gasteiger partial charge in [0.15, 0.2) is 11.5 Å². The molecule has 1 heterocycles. The number of hydrogen-bond donors (Lipinski definition) is 4. The van der Waals surface area contributed by atoms with Crippen LogP contribution >= 0.6 is 0 Å². The zero-order valence-electron chi connectivity index (χ0n) is 20.9. The number of hydrogen-bond acceptors (Lipinski definition) is 8. The lowest BCUT2D eigenvalue weighted by molar-refractivity contribution is -0.121. The molecule has 1 amide bonds. The minimum absolute atomic E-state index is 0.0686. The second-order valence-corrected chi connectivity index (χ2v) is 8.15. The number of nitrogens with one attached hydrogen (secondary N) is 2. The molecule has 0 unspecified atom stereocenters. The summed E-state index contributed by atoms with van der Waals surface area (Å²) in [5, 5.41) is 24.0. The predicted octanol–water partition coefficient (Wildman–Crippen LogP) is 2.86. The van der Waals surface area contributed by atoms with E-state index in [0.717, 1.165) is 17.5 Å². The number of phenols is 1. The Morgan fingerprint density at radius 1 is 1.05 bits per heavy atom. The van der Waals surface area contributed by atoms with Crippen molar-refractivity contribution >= 4 is 11.9 Å². The van der Waals surface area contributed by atoms with Gasteiger partial charge in [0.2, 0.25) is 5.91 Å². The van der Waals surface area contributed by atoms with Gasteiger partial charge in [-0.25, -0.2) is 4.79 Å². The number of ether oxygens (including phenoxy) is 3. The van der Waals surface area contributed by atoms with E-state index in [1.807, 2.05) is 24.3 Å². The highest BCUT2D eigenvalue weighted by Gasteiger charge is 2.28. The van der Waals surface area contributed by atoms with Crippen molar-refractivity contribution in [2.24, 2.45) is 0 Å². The number of esters is 1. The normalized spacial score (nSPS) is 11.4. The van der Waals surface area contributed by atoms with Crippen molar-refractivity contribution in [3.05, 3.63) is 81.3 Å². The van der Waals surface area contributed by atoms with Crippen LogP contribution < -0.4 is 20.3 Å². The number of benzene rings is 2. The summed E-state index contributed by atoms with van der Waals surface area (Å²) in [6.07, 6.45) is 1.39. The van der Waals surface area contributed by atoms with Crippen molar-refractivity contribution in [2.45, 2.75) is 25.7 Å². The molecule has 0 aliphatic rings. The van der Waals surface area contributed by atoms with Gasteiger partial charge >= 0.3 is 5.97 Å². The average Bonchev–Trinajstić information content (AvgIpc) is 2.88. The summed E-state index contributed by atoms with van der Waals surface area (Å²) in [5.41, 5.74) is 0.246. The number of phenolic OH excluding ortho intramolecular Hbond substituents is 1. The third kappa shape index (κ3) is 6.60. The molecule has 0 saturated carbocycles. The second kappa shape index (κ2) is 12.5. The van der Waals surface area contributed by atoms with Gasteiger partial charge in [0.1, 0.15) is 17.1 Å². The van der Waals surface area contributed by atoms with Gasteiger partial charge < -0.3 is 34.7 Å². The minimum Gasteiger partial charge on any atom is -0.506 e. The summed E-state index contributed by atoms with van der Waals surface area (Å²) in [7, 11) is 2.97. The van der Waals surface area contributed by atoms with E-state index < -0.39 is 29.1 Å². The Balaban J connectivity index is 1.89.